The number of nitrogens with two attached hydrogens (primary N) is 1. The fourth-order valence-electron chi connectivity index (χ4n) is 1.57. The van der Waals surface area contributed by atoms with Gasteiger partial charge in [-0.05, 0) is 12.1 Å². The lowest BCUT2D eigenvalue weighted by Gasteiger charge is -2.08. The van der Waals surface area contributed by atoms with Gasteiger partial charge in [0.05, 0.1) is 0 Å². The van der Waals surface area contributed by atoms with E-state index in [9.17, 15) is 17.2 Å². The van der Waals surface area contributed by atoms with Crippen LogP contribution in [-0.2, 0) is 16.4 Å². The average molecular weight is 302 g/mol. The number of nitrogens with zero attached hydrogens (tertiary/aromatic N) is 1. The van der Waals surface area contributed by atoms with E-state index >= 15 is 0 Å². The van der Waals surface area contributed by atoms with Crippen LogP contribution in [0.25, 0.3) is 0 Å². The second kappa shape index (κ2) is 5.55. The lowest BCUT2D eigenvalue weighted by molar-refractivity contribution is 0.548. The smallest absolute Gasteiger partial charge is 0.243 e. The molecule has 0 atom stereocenters. The molecule has 2 rings (SSSR count). The summed E-state index contributed by atoms with van der Waals surface area (Å²) >= 11 is 0. The van der Waals surface area contributed by atoms with Crippen molar-refractivity contribution >= 4 is 15.7 Å². The minimum Gasteiger partial charge on any atom is -0.394 e. The average Bonchev–Trinajstić information content (AvgIpc) is 2.88. The molecule has 0 spiro atoms. The first-order chi connectivity index (χ1) is 9.42. The lowest BCUT2D eigenvalue weighted by Crippen LogP contribution is -2.27. The molecule has 9 heteroatoms. The Hall–Kier alpha value is -2.00. The van der Waals surface area contributed by atoms with E-state index in [4.69, 9.17) is 5.73 Å². The van der Waals surface area contributed by atoms with Crippen LogP contribution < -0.4 is 10.5 Å². The number of nitrogen functional groups attached to an aromatic ring is 1. The van der Waals surface area contributed by atoms with E-state index in [2.05, 4.69) is 14.7 Å². The van der Waals surface area contributed by atoms with Crippen molar-refractivity contribution in [3.05, 3.63) is 42.0 Å². The van der Waals surface area contributed by atoms with Crippen LogP contribution in [0.2, 0.25) is 0 Å². The summed E-state index contributed by atoms with van der Waals surface area (Å²) in [4.78, 5) is 6.03. The zero-order valence-corrected chi connectivity index (χ0v) is 11.0. The fourth-order valence-corrected chi connectivity index (χ4v) is 2.69. The van der Waals surface area contributed by atoms with Crippen molar-refractivity contribution in [3.8, 4) is 0 Å². The van der Waals surface area contributed by atoms with Crippen molar-refractivity contribution in [1.82, 2.24) is 14.7 Å². The number of imidazole rings is 1. The van der Waals surface area contributed by atoms with Crippen LogP contribution >= 0.6 is 0 Å². The largest absolute Gasteiger partial charge is 0.394 e. The van der Waals surface area contributed by atoms with Gasteiger partial charge in [-0.1, -0.05) is 0 Å². The number of aromatic amines is 1. The van der Waals surface area contributed by atoms with E-state index in [1.165, 1.54) is 6.20 Å². The zero-order chi connectivity index (χ0) is 14.8. The van der Waals surface area contributed by atoms with Crippen LogP contribution in [0.1, 0.15) is 5.82 Å². The highest BCUT2D eigenvalue weighted by Crippen LogP contribution is 2.22. The molecule has 1 heterocycles. The van der Waals surface area contributed by atoms with E-state index in [0.29, 0.717) is 12.2 Å². The maximum atomic E-state index is 13.7. The predicted octanol–water partition coefficient (Wildman–Crippen LogP) is 0.791. The quantitative estimate of drug-likeness (QED) is 0.711. The standard InChI is InChI=1S/C11H12F2N4O2S/c12-7-1-2-8(10(13)11(7)14)20(18,19)17-4-3-9-15-5-6-16-9/h1-2,5-6,17H,3-4,14H2,(H,15,16). The van der Waals surface area contributed by atoms with E-state index in [-0.39, 0.29) is 6.54 Å². The minimum absolute atomic E-state index is 0.0204. The molecular formula is C11H12F2N4O2S. The maximum Gasteiger partial charge on any atom is 0.243 e. The molecule has 1 aromatic carbocycles. The van der Waals surface area contributed by atoms with Gasteiger partial charge in [0.1, 0.15) is 22.2 Å². The monoisotopic (exact) mass is 302 g/mol. The molecule has 0 aliphatic rings. The molecule has 0 radical (unpaired) electrons. The number of nitrogens with one attached hydrogen (secondary N) is 2. The second-order valence-corrected chi connectivity index (χ2v) is 5.69. The summed E-state index contributed by atoms with van der Waals surface area (Å²) in [7, 11) is -4.10. The van der Waals surface area contributed by atoms with E-state index in [1.54, 1.807) is 6.20 Å². The Labute approximate surface area is 114 Å². The molecule has 2 aromatic rings. The fraction of sp³-hybridized carbons (Fsp3) is 0.182. The molecule has 0 aliphatic carbocycles. The summed E-state index contributed by atoms with van der Waals surface area (Å²) in [5, 5.41) is 0. The Bertz CT molecular complexity index is 701. The molecule has 20 heavy (non-hydrogen) atoms. The van der Waals surface area contributed by atoms with E-state index in [0.717, 1.165) is 12.1 Å². The Balaban J connectivity index is 2.12. The van der Waals surface area contributed by atoms with Gasteiger partial charge >= 0.3 is 0 Å². The molecule has 0 bridgehead atoms. The first-order valence-corrected chi connectivity index (χ1v) is 7.11. The number of sulfonamides is 1. The summed E-state index contributed by atoms with van der Waals surface area (Å²) in [6, 6.07) is 1.63. The van der Waals surface area contributed by atoms with Gasteiger partial charge < -0.3 is 10.7 Å². The number of anilines is 1. The third-order valence-electron chi connectivity index (χ3n) is 2.59. The Morgan fingerprint density at radius 2 is 2.10 bits per heavy atom. The van der Waals surface area contributed by atoms with Gasteiger partial charge in [0.25, 0.3) is 0 Å². The van der Waals surface area contributed by atoms with Crippen LogP contribution in [-0.4, -0.2) is 24.9 Å². The summed E-state index contributed by atoms with van der Waals surface area (Å²) in [6.45, 7) is 0.0204. The number of rotatable bonds is 5. The van der Waals surface area contributed by atoms with Crippen LogP contribution in [0.4, 0.5) is 14.5 Å². The van der Waals surface area contributed by atoms with Crippen molar-refractivity contribution in [1.29, 1.82) is 0 Å². The van der Waals surface area contributed by atoms with E-state index in [1.807, 2.05) is 0 Å². The van der Waals surface area contributed by atoms with Crippen LogP contribution in [0, 0.1) is 11.6 Å². The van der Waals surface area contributed by atoms with Gasteiger partial charge in [0.15, 0.2) is 5.82 Å². The van der Waals surface area contributed by atoms with Crippen molar-refractivity contribution in [2.75, 3.05) is 12.3 Å². The summed E-state index contributed by atoms with van der Waals surface area (Å²) in [6.07, 6.45) is 3.44. The third-order valence-corrected chi connectivity index (χ3v) is 4.07. The highest BCUT2D eigenvalue weighted by atomic mass is 32.2. The lowest BCUT2D eigenvalue weighted by atomic mass is 10.3. The molecular weight excluding hydrogens is 290 g/mol. The van der Waals surface area contributed by atoms with Crippen molar-refractivity contribution in [2.45, 2.75) is 11.3 Å². The highest BCUT2D eigenvalue weighted by Gasteiger charge is 2.22. The van der Waals surface area contributed by atoms with Crippen molar-refractivity contribution in [3.63, 3.8) is 0 Å². The molecule has 6 nitrogen and oxygen atoms in total. The molecule has 1 aromatic heterocycles. The van der Waals surface area contributed by atoms with Gasteiger partial charge in [0.2, 0.25) is 10.0 Å². The van der Waals surface area contributed by atoms with Gasteiger partial charge in [0, 0.05) is 25.4 Å². The van der Waals surface area contributed by atoms with Gasteiger partial charge in [-0.25, -0.2) is 26.9 Å². The van der Waals surface area contributed by atoms with Crippen molar-refractivity contribution in [2.24, 2.45) is 0 Å². The number of halogens is 2. The minimum atomic E-state index is -4.10. The number of hydrogen-bond acceptors (Lipinski definition) is 4. The maximum absolute atomic E-state index is 13.7. The summed E-state index contributed by atoms with van der Waals surface area (Å²) in [5.74, 6) is -1.71. The van der Waals surface area contributed by atoms with Crippen LogP contribution in [0.5, 0.6) is 0 Å². The molecule has 0 amide bonds. The number of H-pyrrole nitrogens is 1. The number of benzene rings is 1. The Kier molecular flexibility index (Phi) is 4.00. The molecule has 108 valence electrons. The molecule has 4 N–H and O–H groups in total. The molecule has 0 fully saturated rings. The molecule has 0 saturated heterocycles. The van der Waals surface area contributed by atoms with Gasteiger partial charge in [-0.15, -0.1) is 0 Å². The van der Waals surface area contributed by atoms with E-state index < -0.39 is 32.2 Å². The Morgan fingerprint density at radius 1 is 1.35 bits per heavy atom. The highest BCUT2D eigenvalue weighted by molar-refractivity contribution is 7.89. The number of hydrogen-bond donors (Lipinski definition) is 3. The topological polar surface area (TPSA) is 101 Å². The predicted molar refractivity (Wildman–Crippen MR) is 68.3 cm³/mol. The summed E-state index contributed by atoms with van der Waals surface area (Å²) in [5.41, 5.74) is 4.31. The zero-order valence-electron chi connectivity index (χ0n) is 10.2. The first-order valence-electron chi connectivity index (χ1n) is 5.63. The van der Waals surface area contributed by atoms with Gasteiger partial charge in [-0.2, -0.15) is 0 Å². The Morgan fingerprint density at radius 3 is 2.75 bits per heavy atom. The van der Waals surface area contributed by atoms with Gasteiger partial charge in [-0.3, -0.25) is 0 Å². The van der Waals surface area contributed by atoms with Crippen molar-refractivity contribution < 1.29 is 17.2 Å². The normalized spacial score (nSPS) is 11.7. The van der Waals surface area contributed by atoms with Crippen LogP contribution in [0.15, 0.2) is 29.4 Å². The third kappa shape index (κ3) is 2.94. The summed E-state index contributed by atoms with van der Waals surface area (Å²) < 4.78 is 52.6. The molecule has 0 unspecified atom stereocenters. The molecule has 0 saturated carbocycles. The first kappa shape index (κ1) is 14.4. The van der Waals surface area contributed by atoms with Crippen LogP contribution in [0.3, 0.4) is 0 Å². The molecule has 0 aliphatic heterocycles. The number of aromatic nitrogens is 2. The SMILES string of the molecule is Nc1c(F)ccc(S(=O)(=O)NCCc2ncc[nH]2)c1F. The second-order valence-electron chi connectivity index (χ2n) is 3.96.